The van der Waals surface area contributed by atoms with Gasteiger partial charge in [0.15, 0.2) is 0 Å². The molecule has 2 aromatic rings. The molecule has 2 aromatic carbocycles. The number of nitrogens with one attached hydrogen (secondary N) is 2. The molecular weight excluding hydrogens is 424 g/mol. The van der Waals surface area contributed by atoms with E-state index in [0.29, 0.717) is 18.5 Å². The summed E-state index contributed by atoms with van der Waals surface area (Å²) in [5, 5.41) is 5.39. The quantitative estimate of drug-likeness (QED) is 0.371. The lowest BCUT2D eigenvalue weighted by molar-refractivity contribution is -0.140. The molecule has 28 heavy (non-hydrogen) atoms. The van der Waals surface area contributed by atoms with Crippen LogP contribution < -0.4 is 10.6 Å². The molecule has 0 unspecified atom stereocenters. The smallest absolute Gasteiger partial charge is 0.302 e. The predicted molar refractivity (Wildman–Crippen MR) is 110 cm³/mol. The molecule has 146 valence electrons. The molecule has 0 radical (unpaired) electrons. The van der Waals surface area contributed by atoms with Gasteiger partial charge in [0.05, 0.1) is 6.61 Å². The molecule has 0 aromatic heterocycles. The van der Waals surface area contributed by atoms with Gasteiger partial charge in [-0.25, -0.2) is 0 Å². The summed E-state index contributed by atoms with van der Waals surface area (Å²) in [5.74, 6) is -1.16. The monoisotopic (exact) mass is 444 g/mol. The first kappa shape index (κ1) is 21.4. The normalized spacial score (nSPS) is 10.9. The number of rotatable bonds is 8. The molecule has 0 aliphatic rings. The van der Waals surface area contributed by atoms with E-state index < -0.39 is 5.91 Å². The van der Waals surface area contributed by atoms with E-state index in [1.807, 2.05) is 30.3 Å². The largest absolute Gasteiger partial charge is 0.466 e. The van der Waals surface area contributed by atoms with Crippen LogP contribution in [0.2, 0.25) is 0 Å². The molecule has 2 amide bonds. The maximum absolute atomic E-state index is 12.6. The molecule has 0 aliphatic heterocycles. The van der Waals surface area contributed by atoms with Gasteiger partial charge in [0, 0.05) is 23.5 Å². The van der Waals surface area contributed by atoms with Crippen molar-refractivity contribution >= 4 is 39.8 Å². The Morgan fingerprint density at radius 2 is 1.71 bits per heavy atom. The standard InChI is InChI=1S/C21H21BrN2O4/c1-15(25)28-13-5-12-23-21(27)19(14-16-8-10-18(22)11-9-16)24-20(26)17-6-3-2-4-7-17/h2-4,6-11,14H,5,12-13H2,1H3,(H,23,27)(H,24,26)/b19-14+. The molecule has 0 fully saturated rings. The van der Waals surface area contributed by atoms with Crippen LogP contribution in [0.3, 0.4) is 0 Å². The molecule has 6 nitrogen and oxygen atoms in total. The number of ether oxygens (including phenoxy) is 1. The first-order chi connectivity index (χ1) is 13.5. The highest BCUT2D eigenvalue weighted by atomic mass is 79.9. The van der Waals surface area contributed by atoms with Crippen molar-refractivity contribution in [2.75, 3.05) is 13.2 Å². The van der Waals surface area contributed by atoms with Gasteiger partial charge in [-0.15, -0.1) is 0 Å². The van der Waals surface area contributed by atoms with Crippen molar-refractivity contribution in [3.63, 3.8) is 0 Å². The van der Waals surface area contributed by atoms with Crippen molar-refractivity contribution in [2.24, 2.45) is 0 Å². The zero-order valence-electron chi connectivity index (χ0n) is 15.4. The van der Waals surface area contributed by atoms with Crippen LogP contribution in [0.4, 0.5) is 0 Å². The number of amides is 2. The zero-order valence-corrected chi connectivity index (χ0v) is 17.0. The summed E-state index contributed by atoms with van der Waals surface area (Å²) in [6, 6.07) is 16.0. The summed E-state index contributed by atoms with van der Waals surface area (Å²) in [6.07, 6.45) is 2.08. The molecule has 0 spiro atoms. The molecule has 0 heterocycles. The fraction of sp³-hybridized carbons (Fsp3) is 0.190. The minimum atomic E-state index is -0.421. The molecule has 2 rings (SSSR count). The van der Waals surface area contributed by atoms with Crippen molar-refractivity contribution in [1.29, 1.82) is 0 Å². The van der Waals surface area contributed by atoms with Gasteiger partial charge in [0.25, 0.3) is 11.8 Å². The Balaban J connectivity index is 2.09. The van der Waals surface area contributed by atoms with E-state index in [0.717, 1.165) is 10.0 Å². The molecule has 0 atom stereocenters. The summed E-state index contributed by atoms with van der Waals surface area (Å²) in [6.45, 7) is 1.86. The second kappa shape index (κ2) is 11.0. The second-order valence-electron chi connectivity index (χ2n) is 5.88. The molecule has 0 aliphatic carbocycles. The number of halogens is 1. The van der Waals surface area contributed by atoms with Crippen LogP contribution in [0.1, 0.15) is 29.3 Å². The molecule has 0 saturated carbocycles. The molecule has 2 N–H and O–H groups in total. The molecule has 0 saturated heterocycles. The highest BCUT2D eigenvalue weighted by Crippen LogP contribution is 2.13. The first-order valence-corrected chi connectivity index (χ1v) is 9.50. The van der Waals surface area contributed by atoms with Gasteiger partial charge in [-0.2, -0.15) is 0 Å². The van der Waals surface area contributed by atoms with Crippen LogP contribution in [0, 0.1) is 0 Å². The van der Waals surface area contributed by atoms with E-state index in [1.54, 1.807) is 30.3 Å². The number of hydrogen-bond acceptors (Lipinski definition) is 4. The Hall–Kier alpha value is -2.93. The molecule has 7 heteroatoms. The van der Waals surface area contributed by atoms with Gasteiger partial charge in [-0.1, -0.05) is 46.3 Å². The van der Waals surface area contributed by atoms with E-state index in [9.17, 15) is 14.4 Å². The third-order valence-electron chi connectivity index (χ3n) is 3.62. The van der Waals surface area contributed by atoms with Crippen LogP contribution >= 0.6 is 15.9 Å². The second-order valence-corrected chi connectivity index (χ2v) is 6.79. The summed E-state index contributed by atoms with van der Waals surface area (Å²) in [5.41, 5.74) is 1.34. The van der Waals surface area contributed by atoms with Crippen molar-refractivity contribution in [2.45, 2.75) is 13.3 Å². The number of carbonyl (C=O) groups excluding carboxylic acids is 3. The van der Waals surface area contributed by atoms with E-state index >= 15 is 0 Å². The Morgan fingerprint density at radius 3 is 2.36 bits per heavy atom. The third-order valence-corrected chi connectivity index (χ3v) is 4.15. The highest BCUT2D eigenvalue weighted by Gasteiger charge is 2.14. The van der Waals surface area contributed by atoms with Crippen molar-refractivity contribution in [1.82, 2.24) is 10.6 Å². The maximum Gasteiger partial charge on any atom is 0.302 e. The lowest BCUT2D eigenvalue weighted by atomic mass is 10.1. The van der Waals surface area contributed by atoms with Crippen LogP contribution in [-0.4, -0.2) is 30.9 Å². The fourth-order valence-electron chi connectivity index (χ4n) is 2.25. The molecule has 0 bridgehead atoms. The van der Waals surface area contributed by atoms with Crippen molar-refractivity contribution in [3.05, 3.63) is 75.9 Å². The van der Waals surface area contributed by atoms with E-state index in [1.165, 1.54) is 6.92 Å². The lowest BCUT2D eigenvalue weighted by Gasteiger charge is -2.11. The SMILES string of the molecule is CC(=O)OCCCNC(=O)/C(=C\c1ccc(Br)cc1)NC(=O)c1ccccc1. The summed E-state index contributed by atoms with van der Waals surface area (Å²) in [4.78, 5) is 35.8. The van der Waals surface area contributed by atoms with Gasteiger partial charge in [0.2, 0.25) is 0 Å². The van der Waals surface area contributed by atoms with Gasteiger partial charge >= 0.3 is 5.97 Å². The number of hydrogen-bond donors (Lipinski definition) is 2. The Morgan fingerprint density at radius 1 is 1.04 bits per heavy atom. The number of benzene rings is 2. The summed E-state index contributed by atoms with van der Waals surface area (Å²) >= 11 is 3.36. The van der Waals surface area contributed by atoms with Crippen molar-refractivity contribution < 1.29 is 19.1 Å². The van der Waals surface area contributed by atoms with Crippen LogP contribution in [0.25, 0.3) is 6.08 Å². The van der Waals surface area contributed by atoms with E-state index in [4.69, 9.17) is 4.74 Å². The first-order valence-electron chi connectivity index (χ1n) is 8.71. The average molecular weight is 445 g/mol. The topological polar surface area (TPSA) is 84.5 Å². The summed E-state index contributed by atoms with van der Waals surface area (Å²) in [7, 11) is 0. The van der Waals surface area contributed by atoms with Gasteiger partial charge in [0.1, 0.15) is 5.70 Å². The lowest BCUT2D eigenvalue weighted by Crippen LogP contribution is -2.35. The fourth-order valence-corrected chi connectivity index (χ4v) is 2.52. The minimum Gasteiger partial charge on any atom is -0.466 e. The molecular formula is C21H21BrN2O4. The Kier molecular flexibility index (Phi) is 8.42. The van der Waals surface area contributed by atoms with Gasteiger partial charge in [-0.05, 0) is 42.3 Å². The zero-order chi connectivity index (χ0) is 20.4. The van der Waals surface area contributed by atoms with E-state index in [-0.39, 0.29) is 24.2 Å². The summed E-state index contributed by atoms with van der Waals surface area (Å²) < 4.78 is 5.75. The minimum absolute atomic E-state index is 0.128. The predicted octanol–water partition coefficient (Wildman–Crippen LogP) is 3.29. The number of carbonyl (C=O) groups is 3. The average Bonchev–Trinajstić information content (AvgIpc) is 2.69. The maximum atomic E-state index is 12.6. The Labute approximate surface area is 172 Å². The van der Waals surface area contributed by atoms with Crippen LogP contribution in [0.5, 0.6) is 0 Å². The van der Waals surface area contributed by atoms with Gasteiger partial charge < -0.3 is 15.4 Å². The van der Waals surface area contributed by atoms with Crippen molar-refractivity contribution in [3.8, 4) is 0 Å². The third kappa shape index (κ3) is 7.36. The van der Waals surface area contributed by atoms with E-state index in [2.05, 4.69) is 26.6 Å². The van der Waals surface area contributed by atoms with Crippen LogP contribution in [-0.2, 0) is 14.3 Å². The number of esters is 1. The van der Waals surface area contributed by atoms with Gasteiger partial charge in [-0.3, -0.25) is 14.4 Å². The Bertz CT molecular complexity index is 848. The highest BCUT2D eigenvalue weighted by molar-refractivity contribution is 9.10. The van der Waals surface area contributed by atoms with Crippen LogP contribution in [0.15, 0.2) is 64.8 Å².